The predicted octanol–water partition coefficient (Wildman–Crippen LogP) is 0.318. The Morgan fingerprint density at radius 3 is 2.67 bits per heavy atom. The summed E-state index contributed by atoms with van der Waals surface area (Å²) in [6.45, 7) is 0.704. The van der Waals surface area contributed by atoms with E-state index in [2.05, 4.69) is 10.6 Å². The van der Waals surface area contributed by atoms with Gasteiger partial charge >= 0.3 is 6.03 Å². The molecule has 1 aliphatic rings. The van der Waals surface area contributed by atoms with Crippen LogP contribution in [-0.2, 0) is 16.0 Å². The minimum absolute atomic E-state index is 0.0712. The number of benzene rings is 1. The Morgan fingerprint density at radius 1 is 1.26 bits per heavy atom. The summed E-state index contributed by atoms with van der Waals surface area (Å²) in [6.07, 6.45) is 2.23. The number of aliphatic hydroxyl groups is 1. The Bertz CT molecular complexity index is 638. The summed E-state index contributed by atoms with van der Waals surface area (Å²) in [5.74, 6) is -0.319. The lowest BCUT2D eigenvalue weighted by Gasteiger charge is -2.25. The van der Waals surface area contributed by atoms with E-state index in [1.165, 1.54) is 7.05 Å². The fourth-order valence-electron chi connectivity index (χ4n) is 3.20. The predicted molar refractivity (Wildman–Crippen MR) is 101 cm³/mol. The van der Waals surface area contributed by atoms with E-state index in [-0.39, 0.29) is 24.8 Å². The molecular formula is C19H28N4O4. The van der Waals surface area contributed by atoms with E-state index in [0.29, 0.717) is 19.5 Å². The second-order valence-corrected chi connectivity index (χ2v) is 6.48. The van der Waals surface area contributed by atoms with Gasteiger partial charge in [-0.25, -0.2) is 4.79 Å². The molecule has 1 aromatic rings. The van der Waals surface area contributed by atoms with Crippen LogP contribution in [0.1, 0.15) is 24.8 Å². The Kier molecular flexibility index (Phi) is 8.06. The maximum absolute atomic E-state index is 12.5. The molecular weight excluding hydrogens is 348 g/mol. The van der Waals surface area contributed by atoms with Crippen molar-refractivity contribution >= 4 is 17.8 Å². The first-order valence-electron chi connectivity index (χ1n) is 9.25. The zero-order valence-corrected chi connectivity index (χ0v) is 15.7. The van der Waals surface area contributed by atoms with Crippen molar-refractivity contribution in [2.45, 2.75) is 31.7 Å². The second-order valence-electron chi connectivity index (χ2n) is 6.48. The van der Waals surface area contributed by atoms with Crippen LogP contribution in [0.2, 0.25) is 0 Å². The van der Waals surface area contributed by atoms with Crippen LogP contribution in [0, 0.1) is 0 Å². The summed E-state index contributed by atoms with van der Waals surface area (Å²) in [5, 5.41) is 14.5. The number of nitrogens with zero attached hydrogens (tertiary/aromatic N) is 2. The van der Waals surface area contributed by atoms with E-state index in [4.69, 9.17) is 0 Å². The highest BCUT2D eigenvalue weighted by Crippen LogP contribution is 2.18. The average Bonchev–Trinajstić information content (AvgIpc) is 3.19. The van der Waals surface area contributed by atoms with Crippen LogP contribution >= 0.6 is 0 Å². The number of hydrogen-bond acceptors (Lipinski definition) is 4. The average molecular weight is 376 g/mol. The molecule has 8 heteroatoms. The minimum Gasteiger partial charge on any atom is -0.376 e. The first kappa shape index (κ1) is 20.7. The van der Waals surface area contributed by atoms with Gasteiger partial charge in [-0.3, -0.25) is 9.59 Å². The molecule has 148 valence electrons. The molecule has 8 nitrogen and oxygen atoms in total. The number of amides is 4. The quantitative estimate of drug-likeness (QED) is 0.569. The van der Waals surface area contributed by atoms with Crippen LogP contribution < -0.4 is 10.6 Å². The smallest absolute Gasteiger partial charge is 0.318 e. The molecule has 1 heterocycles. The highest BCUT2D eigenvalue weighted by atomic mass is 16.3. The van der Waals surface area contributed by atoms with Crippen molar-refractivity contribution in [3.05, 3.63) is 35.9 Å². The molecule has 4 amide bonds. The Morgan fingerprint density at radius 2 is 2.00 bits per heavy atom. The van der Waals surface area contributed by atoms with E-state index in [0.717, 1.165) is 23.3 Å². The number of carbonyl (C=O) groups is 3. The molecule has 2 rings (SSSR count). The molecule has 1 aromatic carbocycles. The van der Waals surface area contributed by atoms with Crippen molar-refractivity contribution in [3.63, 3.8) is 0 Å². The number of carbonyl (C=O) groups excluding carboxylic acids is 3. The normalized spacial score (nSPS) is 16.1. The summed E-state index contributed by atoms with van der Waals surface area (Å²) < 4.78 is 0. The molecule has 1 aliphatic heterocycles. The van der Waals surface area contributed by atoms with Gasteiger partial charge in [0, 0.05) is 33.1 Å². The van der Waals surface area contributed by atoms with Crippen LogP contribution in [0.25, 0.3) is 0 Å². The molecule has 0 aliphatic carbocycles. The van der Waals surface area contributed by atoms with E-state index >= 15 is 0 Å². The number of urea groups is 1. The Hall–Kier alpha value is -2.61. The minimum atomic E-state index is -0.462. The summed E-state index contributed by atoms with van der Waals surface area (Å²) >= 11 is 0. The molecule has 1 saturated heterocycles. The summed E-state index contributed by atoms with van der Waals surface area (Å²) in [7, 11) is 1.46. The first-order valence-corrected chi connectivity index (χ1v) is 9.25. The lowest BCUT2D eigenvalue weighted by atomic mass is 10.1. The monoisotopic (exact) mass is 376 g/mol. The summed E-state index contributed by atoms with van der Waals surface area (Å²) in [6, 6.07) is 8.99. The molecule has 0 bridgehead atoms. The molecule has 0 aromatic heterocycles. The van der Waals surface area contributed by atoms with E-state index in [1.807, 2.05) is 30.3 Å². The topological polar surface area (TPSA) is 102 Å². The van der Waals surface area contributed by atoms with E-state index < -0.39 is 18.8 Å². The number of aliphatic hydroxyl groups excluding tert-OH is 1. The van der Waals surface area contributed by atoms with Gasteiger partial charge in [-0.2, -0.15) is 0 Å². The molecule has 27 heavy (non-hydrogen) atoms. The number of rotatable bonds is 8. The maximum Gasteiger partial charge on any atom is 0.318 e. The zero-order valence-electron chi connectivity index (χ0n) is 15.7. The van der Waals surface area contributed by atoms with Crippen LogP contribution in [-0.4, -0.2) is 72.2 Å². The molecule has 0 radical (unpaired) electrons. The van der Waals surface area contributed by atoms with Gasteiger partial charge in [0.25, 0.3) is 0 Å². The molecule has 1 atom stereocenters. The molecule has 0 spiro atoms. The second kappa shape index (κ2) is 10.5. The van der Waals surface area contributed by atoms with Gasteiger partial charge < -0.3 is 25.5 Å². The van der Waals surface area contributed by atoms with Gasteiger partial charge in [-0.1, -0.05) is 30.3 Å². The maximum atomic E-state index is 12.5. The summed E-state index contributed by atoms with van der Waals surface area (Å²) in [4.78, 5) is 39.2. The van der Waals surface area contributed by atoms with Crippen molar-refractivity contribution in [1.29, 1.82) is 0 Å². The van der Waals surface area contributed by atoms with Crippen LogP contribution in [0.4, 0.5) is 4.79 Å². The molecule has 3 N–H and O–H groups in total. The number of nitrogens with one attached hydrogen (secondary N) is 2. The Labute approximate surface area is 159 Å². The van der Waals surface area contributed by atoms with Crippen LogP contribution in [0.15, 0.2) is 30.3 Å². The third kappa shape index (κ3) is 5.96. The molecule has 1 unspecified atom stereocenters. The van der Waals surface area contributed by atoms with Gasteiger partial charge in [0.15, 0.2) is 0 Å². The largest absolute Gasteiger partial charge is 0.376 e. The highest BCUT2D eigenvalue weighted by Gasteiger charge is 2.33. The zero-order chi connectivity index (χ0) is 19.6. The van der Waals surface area contributed by atoms with Gasteiger partial charge in [0.05, 0.1) is 0 Å². The fourth-order valence-corrected chi connectivity index (χ4v) is 3.20. The van der Waals surface area contributed by atoms with E-state index in [1.54, 1.807) is 4.90 Å². The summed E-state index contributed by atoms with van der Waals surface area (Å²) in [5.41, 5.74) is 1.15. The van der Waals surface area contributed by atoms with Crippen molar-refractivity contribution in [3.8, 4) is 0 Å². The molecule has 0 saturated carbocycles. The highest BCUT2D eigenvalue weighted by molar-refractivity contribution is 5.88. The van der Waals surface area contributed by atoms with Crippen molar-refractivity contribution in [1.82, 2.24) is 20.4 Å². The fraction of sp³-hybridized carbons (Fsp3) is 0.526. The first-order chi connectivity index (χ1) is 13.1. The third-order valence-electron chi connectivity index (χ3n) is 4.70. The van der Waals surface area contributed by atoms with Crippen molar-refractivity contribution in [2.24, 2.45) is 0 Å². The molecule has 1 fully saturated rings. The van der Waals surface area contributed by atoms with Gasteiger partial charge in [-0.15, -0.1) is 0 Å². The lowest BCUT2D eigenvalue weighted by Crippen LogP contribution is -2.47. The lowest BCUT2D eigenvalue weighted by molar-refractivity contribution is -0.138. The van der Waals surface area contributed by atoms with Gasteiger partial charge in [-0.05, 0) is 24.8 Å². The SMILES string of the molecule is CNC(=O)N(CO)CCC(=O)N1CCCC1C(=O)NCCc1ccccc1. The van der Waals surface area contributed by atoms with Crippen molar-refractivity contribution in [2.75, 3.05) is 33.4 Å². The van der Waals surface area contributed by atoms with Crippen LogP contribution in [0.3, 0.4) is 0 Å². The Balaban J connectivity index is 1.81. The van der Waals surface area contributed by atoms with Crippen LogP contribution in [0.5, 0.6) is 0 Å². The third-order valence-corrected chi connectivity index (χ3v) is 4.70. The van der Waals surface area contributed by atoms with Gasteiger partial charge in [0.2, 0.25) is 11.8 Å². The van der Waals surface area contributed by atoms with Crippen molar-refractivity contribution < 1.29 is 19.5 Å². The number of hydrogen-bond donors (Lipinski definition) is 3. The van der Waals surface area contributed by atoms with Gasteiger partial charge in [0.1, 0.15) is 12.8 Å². The standard InChI is InChI=1S/C19H28N4O4/c1-20-19(27)22(14-24)13-10-17(25)23-12-5-8-16(23)18(26)21-11-9-15-6-3-2-4-7-15/h2-4,6-7,16,24H,5,8-14H2,1H3,(H,20,27)(H,21,26). The number of likely N-dealkylation sites (tertiary alicyclic amines) is 1. The van der Waals surface area contributed by atoms with E-state index in [9.17, 15) is 19.5 Å².